The minimum atomic E-state index is -0.493. The van der Waals surface area contributed by atoms with Gasteiger partial charge in [-0.15, -0.1) is 28.1 Å². The standard InChI is InChI=1S/C31H35N5O3S2/c1-7-16-36-28(22-12-14-23(15-13-22)35(8-2)9-3)33-34-31(36)41-19-26(37)32-29-27(30(38)39-6)25(18-40-29)24-17-20(4)10-11-21(24)5/h7,10-15,17-18H,1,8-9,16,19H2,2-6H3,(H,32,37). The molecule has 214 valence electrons. The third kappa shape index (κ3) is 6.71. The lowest BCUT2D eigenvalue weighted by Crippen LogP contribution is -2.21. The summed E-state index contributed by atoms with van der Waals surface area (Å²) < 4.78 is 7.02. The predicted molar refractivity (Wildman–Crippen MR) is 169 cm³/mol. The summed E-state index contributed by atoms with van der Waals surface area (Å²) in [5.74, 6) is 0.0524. The highest BCUT2D eigenvalue weighted by molar-refractivity contribution is 7.99. The number of thiophene rings is 1. The first-order valence-electron chi connectivity index (χ1n) is 13.4. The van der Waals surface area contributed by atoms with Crippen molar-refractivity contribution in [2.45, 2.75) is 39.4 Å². The molecular weight excluding hydrogens is 555 g/mol. The summed E-state index contributed by atoms with van der Waals surface area (Å²) in [6, 6.07) is 14.3. The Morgan fingerprint density at radius 3 is 2.49 bits per heavy atom. The Hall–Kier alpha value is -3.89. The van der Waals surface area contributed by atoms with Gasteiger partial charge in [0.2, 0.25) is 5.91 Å². The highest BCUT2D eigenvalue weighted by Crippen LogP contribution is 2.38. The minimum absolute atomic E-state index is 0.0908. The van der Waals surface area contributed by atoms with Crippen molar-refractivity contribution in [3.05, 3.63) is 77.2 Å². The zero-order valence-electron chi connectivity index (χ0n) is 24.1. The SMILES string of the molecule is C=CCn1c(SCC(=O)Nc2scc(-c3cc(C)ccc3C)c2C(=O)OC)nnc1-c1ccc(N(CC)CC)cc1. The van der Waals surface area contributed by atoms with Gasteiger partial charge < -0.3 is 15.0 Å². The van der Waals surface area contributed by atoms with Crippen molar-refractivity contribution >= 4 is 45.7 Å². The number of rotatable bonds is 12. The van der Waals surface area contributed by atoms with E-state index in [4.69, 9.17) is 4.74 Å². The second kappa shape index (κ2) is 13.6. The molecule has 0 aliphatic carbocycles. The quantitative estimate of drug-likeness (QED) is 0.110. The van der Waals surface area contributed by atoms with Gasteiger partial charge in [0, 0.05) is 41.8 Å². The zero-order valence-corrected chi connectivity index (χ0v) is 25.7. The molecule has 0 aliphatic heterocycles. The van der Waals surface area contributed by atoms with Crippen LogP contribution in [0.2, 0.25) is 0 Å². The lowest BCUT2D eigenvalue weighted by Gasteiger charge is -2.21. The monoisotopic (exact) mass is 589 g/mol. The number of aryl methyl sites for hydroxylation is 2. The maximum Gasteiger partial charge on any atom is 0.341 e. The van der Waals surface area contributed by atoms with E-state index in [1.54, 1.807) is 6.08 Å². The van der Waals surface area contributed by atoms with Crippen LogP contribution in [-0.4, -0.2) is 52.6 Å². The van der Waals surface area contributed by atoms with Gasteiger partial charge in [0.05, 0.1) is 12.9 Å². The fourth-order valence-corrected chi connectivity index (χ4v) is 6.30. The van der Waals surface area contributed by atoms with Gasteiger partial charge in [-0.05, 0) is 63.1 Å². The van der Waals surface area contributed by atoms with E-state index >= 15 is 0 Å². The molecule has 0 saturated carbocycles. The van der Waals surface area contributed by atoms with E-state index in [0.717, 1.165) is 46.6 Å². The Labute approximate surface area is 249 Å². The van der Waals surface area contributed by atoms with E-state index in [9.17, 15) is 9.59 Å². The van der Waals surface area contributed by atoms with E-state index in [1.165, 1.54) is 30.2 Å². The molecule has 0 spiro atoms. The highest BCUT2D eigenvalue weighted by atomic mass is 32.2. The van der Waals surface area contributed by atoms with Crippen LogP contribution in [0.1, 0.15) is 35.3 Å². The summed E-state index contributed by atoms with van der Waals surface area (Å²) in [6.07, 6.45) is 1.78. The fraction of sp³-hybridized carbons (Fsp3) is 0.290. The molecule has 1 amide bonds. The molecular formula is C31H35N5O3S2. The number of methoxy groups -OCH3 is 1. The van der Waals surface area contributed by atoms with Crippen molar-refractivity contribution in [3.63, 3.8) is 0 Å². The Morgan fingerprint density at radius 1 is 1.10 bits per heavy atom. The van der Waals surface area contributed by atoms with Crippen molar-refractivity contribution in [1.29, 1.82) is 0 Å². The third-order valence-electron chi connectivity index (χ3n) is 6.73. The number of aromatic nitrogens is 3. The first kappa shape index (κ1) is 30.1. The molecule has 4 aromatic rings. The molecule has 0 bridgehead atoms. The fourth-order valence-electron chi connectivity index (χ4n) is 4.58. The number of carbonyl (C=O) groups is 2. The number of carbonyl (C=O) groups excluding carboxylic acids is 2. The topological polar surface area (TPSA) is 89.3 Å². The molecule has 0 atom stereocenters. The Balaban J connectivity index is 1.52. The van der Waals surface area contributed by atoms with Gasteiger partial charge in [-0.2, -0.15) is 0 Å². The number of benzene rings is 2. The van der Waals surface area contributed by atoms with E-state index in [0.29, 0.717) is 28.1 Å². The van der Waals surface area contributed by atoms with Gasteiger partial charge in [0.15, 0.2) is 11.0 Å². The summed E-state index contributed by atoms with van der Waals surface area (Å²) in [5.41, 5.74) is 6.24. The maximum atomic E-state index is 13.1. The van der Waals surface area contributed by atoms with Crippen molar-refractivity contribution in [1.82, 2.24) is 14.8 Å². The lowest BCUT2D eigenvalue weighted by molar-refractivity contribution is -0.113. The van der Waals surface area contributed by atoms with Gasteiger partial charge in [-0.3, -0.25) is 9.36 Å². The molecule has 0 aliphatic rings. The summed E-state index contributed by atoms with van der Waals surface area (Å²) in [6.45, 7) is 14.5. The molecule has 0 radical (unpaired) electrons. The number of nitrogens with zero attached hydrogens (tertiary/aromatic N) is 4. The average Bonchev–Trinajstić information content (AvgIpc) is 3.58. The number of esters is 1. The summed E-state index contributed by atoms with van der Waals surface area (Å²) in [4.78, 5) is 28.1. The zero-order chi connectivity index (χ0) is 29.5. The molecule has 0 saturated heterocycles. The van der Waals surface area contributed by atoms with Gasteiger partial charge in [-0.25, -0.2) is 4.79 Å². The Bertz CT molecular complexity index is 1540. The first-order chi connectivity index (χ1) is 19.8. The maximum absolute atomic E-state index is 13.1. The highest BCUT2D eigenvalue weighted by Gasteiger charge is 2.24. The number of hydrogen-bond donors (Lipinski definition) is 1. The van der Waals surface area contributed by atoms with Crippen LogP contribution in [0.15, 0.2) is 65.7 Å². The number of allylic oxidation sites excluding steroid dienone is 1. The third-order valence-corrected chi connectivity index (χ3v) is 8.59. The van der Waals surface area contributed by atoms with Crippen LogP contribution in [0, 0.1) is 13.8 Å². The number of hydrogen-bond acceptors (Lipinski definition) is 8. The number of amides is 1. The van der Waals surface area contributed by atoms with Crippen LogP contribution in [0.3, 0.4) is 0 Å². The average molecular weight is 590 g/mol. The van der Waals surface area contributed by atoms with Crippen LogP contribution in [0.25, 0.3) is 22.5 Å². The summed E-state index contributed by atoms with van der Waals surface area (Å²) in [5, 5.41) is 14.7. The largest absolute Gasteiger partial charge is 0.465 e. The summed E-state index contributed by atoms with van der Waals surface area (Å²) in [7, 11) is 1.34. The molecule has 1 N–H and O–H groups in total. The Morgan fingerprint density at radius 2 is 1.83 bits per heavy atom. The lowest BCUT2D eigenvalue weighted by atomic mass is 9.97. The van der Waals surface area contributed by atoms with Crippen LogP contribution in [-0.2, 0) is 16.1 Å². The first-order valence-corrected chi connectivity index (χ1v) is 15.3. The van der Waals surface area contributed by atoms with Crippen LogP contribution >= 0.6 is 23.1 Å². The smallest absolute Gasteiger partial charge is 0.341 e. The van der Waals surface area contributed by atoms with E-state index in [-0.39, 0.29) is 11.7 Å². The van der Waals surface area contributed by atoms with E-state index in [1.807, 2.05) is 54.1 Å². The van der Waals surface area contributed by atoms with Crippen molar-refractivity contribution in [2.75, 3.05) is 36.2 Å². The van der Waals surface area contributed by atoms with Crippen molar-refractivity contribution < 1.29 is 14.3 Å². The number of nitrogens with one attached hydrogen (secondary N) is 1. The van der Waals surface area contributed by atoms with Crippen molar-refractivity contribution in [2.24, 2.45) is 0 Å². The van der Waals surface area contributed by atoms with Crippen LogP contribution in [0.5, 0.6) is 0 Å². The number of anilines is 2. The molecule has 2 aromatic carbocycles. The van der Waals surface area contributed by atoms with Gasteiger partial charge in [0.1, 0.15) is 10.6 Å². The Kier molecular flexibility index (Phi) is 10.0. The van der Waals surface area contributed by atoms with Crippen LogP contribution in [0.4, 0.5) is 10.7 Å². The molecule has 0 unspecified atom stereocenters. The predicted octanol–water partition coefficient (Wildman–Crippen LogP) is 6.84. The van der Waals surface area contributed by atoms with Crippen LogP contribution < -0.4 is 10.2 Å². The normalized spacial score (nSPS) is 10.9. The summed E-state index contributed by atoms with van der Waals surface area (Å²) >= 11 is 2.59. The van der Waals surface area contributed by atoms with E-state index < -0.39 is 5.97 Å². The molecule has 4 rings (SSSR count). The second-order valence-corrected chi connectivity index (χ2v) is 11.2. The molecule has 10 heteroatoms. The van der Waals surface area contributed by atoms with Gasteiger partial charge >= 0.3 is 5.97 Å². The molecule has 41 heavy (non-hydrogen) atoms. The van der Waals surface area contributed by atoms with Crippen molar-refractivity contribution in [3.8, 4) is 22.5 Å². The molecule has 2 heterocycles. The second-order valence-electron chi connectivity index (χ2n) is 9.42. The number of ether oxygens (including phenoxy) is 1. The number of thioether (sulfide) groups is 1. The molecule has 2 aromatic heterocycles. The molecule has 0 fully saturated rings. The van der Waals surface area contributed by atoms with Gasteiger partial charge in [-0.1, -0.05) is 41.6 Å². The van der Waals surface area contributed by atoms with E-state index in [2.05, 4.69) is 53.0 Å². The van der Waals surface area contributed by atoms with Gasteiger partial charge in [0.25, 0.3) is 0 Å². The minimum Gasteiger partial charge on any atom is -0.465 e. The molecule has 8 nitrogen and oxygen atoms in total.